The normalized spacial score (nSPS) is 13.8. The van der Waals surface area contributed by atoms with Gasteiger partial charge in [0.2, 0.25) is 5.95 Å². The Balaban J connectivity index is 2.11. The summed E-state index contributed by atoms with van der Waals surface area (Å²) in [6, 6.07) is 0. The van der Waals surface area contributed by atoms with Crippen LogP contribution in [0.2, 0.25) is 0 Å². The van der Waals surface area contributed by atoms with Gasteiger partial charge in [0, 0.05) is 30.4 Å². The van der Waals surface area contributed by atoms with E-state index in [4.69, 9.17) is 0 Å². The SMILES string of the molecule is CCOC(=O)C(O)C(O)c1cnc(-n2ccnc2)nc1. The van der Waals surface area contributed by atoms with Crippen molar-refractivity contribution in [2.24, 2.45) is 0 Å². The maximum Gasteiger partial charge on any atom is 0.338 e. The van der Waals surface area contributed by atoms with E-state index in [-0.39, 0.29) is 12.2 Å². The van der Waals surface area contributed by atoms with Crippen LogP contribution in [0.1, 0.15) is 18.6 Å². The Hall–Kier alpha value is -2.32. The Morgan fingerprint density at radius 2 is 2.10 bits per heavy atom. The summed E-state index contributed by atoms with van der Waals surface area (Å²) in [4.78, 5) is 23.2. The van der Waals surface area contributed by atoms with Crippen LogP contribution in [0.3, 0.4) is 0 Å². The third-order valence-electron chi connectivity index (χ3n) is 2.56. The molecule has 0 aliphatic heterocycles. The van der Waals surface area contributed by atoms with E-state index in [2.05, 4.69) is 19.7 Å². The molecule has 0 aromatic carbocycles. The molecule has 8 nitrogen and oxygen atoms in total. The van der Waals surface area contributed by atoms with Gasteiger partial charge in [-0.1, -0.05) is 0 Å². The van der Waals surface area contributed by atoms with Crippen molar-refractivity contribution in [1.82, 2.24) is 19.5 Å². The summed E-state index contributed by atoms with van der Waals surface area (Å²) in [5, 5.41) is 19.5. The lowest BCUT2D eigenvalue weighted by Crippen LogP contribution is -2.30. The number of nitrogens with zero attached hydrogens (tertiary/aromatic N) is 4. The van der Waals surface area contributed by atoms with Crippen molar-refractivity contribution in [3.05, 3.63) is 36.7 Å². The van der Waals surface area contributed by atoms with E-state index in [1.54, 1.807) is 23.9 Å². The van der Waals surface area contributed by atoms with Gasteiger partial charge in [0.15, 0.2) is 6.10 Å². The standard InChI is InChI=1S/C12H14N4O4/c1-2-20-11(19)10(18)9(17)8-5-14-12(15-6-8)16-4-3-13-7-16/h3-7,9-10,17-18H,2H2,1H3. The van der Waals surface area contributed by atoms with Crippen LogP contribution in [0.4, 0.5) is 0 Å². The smallest absolute Gasteiger partial charge is 0.338 e. The van der Waals surface area contributed by atoms with Crippen LogP contribution < -0.4 is 0 Å². The van der Waals surface area contributed by atoms with Crippen LogP contribution in [-0.2, 0) is 9.53 Å². The van der Waals surface area contributed by atoms with Crippen LogP contribution in [0.25, 0.3) is 5.95 Å². The Morgan fingerprint density at radius 1 is 1.40 bits per heavy atom. The second-order valence-corrected chi connectivity index (χ2v) is 3.93. The molecular formula is C12H14N4O4. The Labute approximate surface area is 114 Å². The van der Waals surface area contributed by atoms with Crippen molar-refractivity contribution in [2.75, 3.05) is 6.61 Å². The van der Waals surface area contributed by atoms with Crippen LogP contribution in [0, 0.1) is 0 Å². The number of esters is 1. The zero-order valence-corrected chi connectivity index (χ0v) is 10.7. The number of carbonyl (C=O) groups is 1. The molecule has 20 heavy (non-hydrogen) atoms. The zero-order chi connectivity index (χ0) is 14.5. The molecule has 2 atom stereocenters. The number of aliphatic hydroxyl groups excluding tert-OH is 2. The van der Waals surface area contributed by atoms with Crippen molar-refractivity contribution in [1.29, 1.82) is 0 Å². The van der Waals surface area contributed by atoms with Gasteiger partial charge in [0.1, 0.15) is 12.4 Å². The molecule has 2 rings (SSSR count). The lowest BCUT2D eigenvalue weighted by atomic mass is 10.1. The molecule has 2 aromatic rings. The molecule has 0 saturated heterocycles. The van der Waals surface area contributed by atoms with Crippen molar-refractivity contribution >= 4 is 5.97 Å². The van der Waals surface area contributed by atoms with Gasteiger partial charge in [0.25, 0.3) is 0 Å². The first-order chi connectivity index (χ1) is 9.63. The molecule has 106 valence electrons. The maximum absolute atomic E-state index is 11.3. The van der Waals surface area contributed by atoms with E-state index in [1.807, 2.05) is 0 Å². The maximum atomic E-state index is 11.3. The summed E-state index contributed by atoms with van der Waals surface area (Å²) in [6.45, 7) is 1.73. The number of carbonyl (C=O) groups excluding carboxylic acids is 1. The number of aromatic nitrogens is 4. The fourth-order valence-corrected chi connectivity index (χ4v) is 1.53. The Bertz CT molecular complexity index is 555. The first-order valence-corrected chi connectivity index (χ1v) is 5.96. The molecule has 2 heterocycles. The van der Waals surface area contributed by atoms with Crippen LogP contribution in [-0.4, -0.2) is 48.4 Å². The minimum absolute atomic E-state index is 0.124. The number of hydrogen-bond acceptors (Lipinski definition) is 7. The molecule has 0 fully saturated rings. The average Bonchev–Trinajstić information content (AvgIpc) is 3.00. The van der Waals surface area contributed by atoms with Crippen LogP contribution in [0.15, 0.2) is 31.1 Å². The minimum atomic E-state index is -1.67. The molecule has 0 aliphatic rings. The summed E-state index contributed by atoms with van der Waals surface area (Å²) in [6.07, 6.45) is 4.32. The average molecular weight is 278 g/mol. The first kappa shape index (κ1) is 14.1. The number of hydrogen-bond donors (Lipinski definition) is 2. The fourth-order valence-electron chi connectivity index (χ4n) is 1.53. The van der Waals surface area contributed by atoms with Crippen LogP contribution in [0.5, 0.6) is 0 Å². The van der Waals surface area contributed by atoms with Crippen molar-refractivity contribution in [3.63, 3.8) is 0 Å². The predicted molar refractivity (Wildman–Crippen MR) is 66.8 cm³/mol. The number of rotatable bonds is 5. The van der Waals surface area contributed by atoms with E-state index >= 15 is 0 Å². The monoisotopic (exact) mass is 278 g/mol. The third kappa shape index (κ3) is 2.98. The Morgan fingerprint density at radius 3 is 2.65 bits per heavy atom. The lowest BCUT2D eigenvalue weighted by Gasteiger charge is -2.16. The van der Waals surface area contributed by atoms with Gasteiger partial charge in [-0.05, 0) is 6.92 Å². The minimum Gasteiger partial charge on any atom is -0.464 e. The molecule has 0 radical (unpaired) electrons. The topological polar surface area (TPSA) is 110 Å². The molecule has 0 bridgehead atoms. The van der Waals surface area contributed by atoms with Crippen molar-refractivity contribution in [2.45, 2.75) is 19.1 Å². The third-order valence-corrected chi connectivity index (χ3v) is 2.56. The van der Waals surface area contributed by atoms with E-state index in [0.717, 1.165) is 0 Å². The molecule has 2 aromatic heterocycles. The summed E-state index contributed by atoms with van der Waals surface area (Å²) >= 11 is 0. The van der Waals surface area contributed by atoms with Crippen LogP contribution >= 0.6 is 0 Å². The summed E-state index contributed by atoms with van der Waals surface area (Å²) < 4.78 is 6.21. The van der Waals surface area contributed by atoms with Gasteiger partial charge in [0.05, 0.1) is 6.61 Å². The van der Waals surface area contributed by atoms with Gasteiger partial charge >= 0.3 is 5.97 Å². The van der Waals surface area contributed by atoms with Gasteiger partial charge in [-0.3, -0.25) is 4.57 Å². The van der Waals surface area contributed by atoms with Gasteiger partial charge < -0.3 is 14.9 Å². The predicted octanol–water partition coefficient (Wildman–Crippen LogP) is -0.380. The van der Waals surface area contributed by atoms with E-state index in [0.29, 0.717) is 5.95 Å². The van der Waals surface area contributed by atoms with E-state index < -0.39 is 18.2 Å². The van der Waals surface area contributed by atoms with Gasteiger partial charge in [-0.2, -0.15) is 0 Å². The highest BCUT2D eigenvalue weighted by Gasteiger charge is 2.27. The molecule has 0 amide bonds. The number of aliphatic hydroxyl groups is 2. The van der Waals surface area contributed by atoms with Gasteiger partial charge in [-0.25, -0.2) is 19.7 Å². The van der Waals surface area contributed by atoms with Crippen molar-refractivity contribution in [3.8, 4) is 5.95 Å². The number of imidazole rings is 1. The van der Waals surface area contributed by atoms with Gasteiger partial charge in [-0.15, -0.1) is 0 Å². The lowest BCUT2D eigenvalue weighted by molar-refractivity contribution is -0.159. The molecule has 0 aliphatic carbocycles. The highest BCUT2D eigenvalue weighted by atomic mass is 16.5. The second-order valence-electron chi connectivity index (χ2n) is 3.93. The first-order valence-electron chi connectivity index (χ1n) is 5.96. The molecule has 0 saturated carbocycles. The van der Waals surface area contributed by atoms with E-state index in [9.17, 15) is 15.0 Å². The quantitative estimate of drug-likeness (QED) is 0.717. The molecule has 8 heteroatoms. The fraction of sp³-hybridized carbons (Fsp3) is 0.333. The largest absolute Gasteiger partial charge is 0.464 e. The molecule has 2 N–H and O–H groups in total. The van der Waals surface area contributed by atoms with E-state index in [1.165, 1.54) is 18.7 Å². The highest BCUT2D eigenvalue weighted by Crippen LogP contribution is 2.16. The number of ether oxygens (including phenoxy) is 1. The summed E-state index contributed by atoms with van der Waals surface area (Å²) in [5.74, 6) is -0.525. The zero-order valence-electron chi connectivity index (χ0n) is 10.7. The molecule has 2 unspecified atom stereocenters. The highest BCUT2D eigenvalue weighted by molar-refractivity contribution is 5.75. The molecule has 0 spiro atoms. The second kappa shape index (κ2) is 6.22. The summed E-state index contributed by atoms with van der Waals surface area (Å²) in [5.41, 5.74) is 0.217. The Kier molecular flexibility index (Phi) is 4.38. The van der Waals surface area contributed by atoms with Crippen molar-refractivity contribution < 1.29 is 19.7 Å². The summed E-state index contributed by atoms with van der Waals surface area (Å²) in [7, 11) is 0. The molecular weight excluding hydrogens is 264 g/mol.